The van der Waals surface area contributed by atoms with E-state index in [0.29, 0.717) is 25.1 Å². The lowest BCUT2D eigenvalue weighted by atomic mass is 10.2. The molecule has 0 radical (unpaired) electrons. The topological polar surface area (TPSA) is 63.5 Å². The molecule has 7 heteroatoms. The van der Waals surface area contributed by atoms with Crippen molar-refractivity contribution in [2.75, 3.05) is 32.8 Å². The predicted molar refractivity (Wildman–Crippen MR) is 81.3 cm³/mol. The molecule has 122 valence electrons. The molecule has 0 N–H and O–H groups in total. The molecule has 1 atom stereocenters. The van der Waals surface area contributed by atoms with Gasteiger partial charge in [0.25, 0.3) is 0 Å². The maximum atomic E-state index is 11.5. The van der Waals surface area contributed by atoms with E-state index in [9.17, 15) is 4.79 Å². The van der Waals surface area contributed by atoms with Gasteiger partial charge in [-0.25, -0.2) is 4.79 Å². The van der Waals surface area contributed by atoms with E-state index in [1.807, 2.05) is 6.33 Å². The zero-order valence-electron chi connectivity index (χ0n) is 13.4. The fraction of sp³-hybridized carbons (Fsp3) is 0.800. The molecule has 7 nitrogen and oxygen atoms in total. The van der Waals surface area contributed by atoms with Gasteiger partial charge in [-0.05, 0) is 25.3 Å². The van der Waals surface area contributed by atoms with Crippen molar-refractivity contribution in [2.45, 2.75) is 39.3 Å². The second-order valence-corrected chi connectivity index (χ2v) is 6.53. The molecule has 2 saturated heterocycles. The van der Waals surface area contributed by atoms with Crippen LogP contribution in [0.15, 0.2) is 6.33 Å². The largest absolute Gasteiger partial charge is 0.448 e. The van der Waals surface area contributed by atoms with E-state index in [2.05, 4.69) is 33.5 Å². The Morgan fingerprint density at radius 1 is 1.36 bits per heavy atom. The smallest absolute Gasteiger partial charge is 0.409 e. The molecule has 2 aliphatic heterocycles. The Morgan fingerprint density at radius 3 is 2.95 bits per heavy atom. The van der Waals surface area contributed by atoms with Crippen molar-refractivity contribution in [1.29, 1.82) is 0 Å². The van der Waals surface area contributed by atoms with Crippen LogP contribution in [0.3, 0.4) is 0 Å². The number of hydrogen-bond donors (Lipinski definition) is 0. The first-order valence-corrected chi connectivity index (χ1v) is 8.18. The van der Waals surface area contributed by atoms with Crippen molar-refractivity contribution >= 4 is 6.09 Å². The van der Waals surface area contributed by atoms with Gasteiger partial charge in [0.1, 0.15) is 18.8 Å². The fourth-order valence-electron chi connectivity index (χ4n) is 3.32. The molecule has 22 heavy (non-hydrogen) atoms. The molecule has 0 bridgehead atoms. The molecule has 3 heterocycles. The van der Waals surface area contributed by atoms with Crippen LogP contribution in [-0.4, -0.2) is 63.4 Å². The maximum Gasteiger partial charge on any atom is 0.409 e. The molecule has 2 aliphatic rings. The van der Waals surface area contributed by atoms with Gasteiger partial charge in [0.15, 0.2) is 0 Å². The Morgan fingerprint density at radius 2 is 2.23 bits per heavy atom. The van der Waals surface area contributed by atoms with Crippen molar-refractivity contribution < 1.29 is 9.53 Å². The molecule has 0 saturated carbocycles. The minimum atomic E-state index is -0.182. The molecule has 2 fully saturated rings. The van der Waals surface area contributed by atoms with Crippen LogP contribution >= 0.6 is 0 Å². The zero-order chi connectivity index (χ0) is 15.5. The van der Waals surface area contributed by atoms with E-state index in [1.165, 1.54) is 6.42 Å². The molecule has 0 unspecified atom stereocenters. The summed E-state index contributed by atoms with van der Waals surface area (Å²) < 4.78 is 7.16. The van der Waals surface area contributed by atoms with Crippen molar-refractivity contribution in [3.8, 4) is 0 Å². The SMILES string of the molecule is CC(C)Cn1cnnc1[C@H]1CCCN1CCN1CCOC1=O. The third-order valence-corrected chi connectivity index (χ3v) is 4.37. The lowest BCUT2D eigenvalue weighted by Crippen LogP contribution is -2.36. The van der Waals surface area contributed by atoms with E-state index < -0.39 is 0 Å². The first kappa shape index (κ1) is 15.3. The molecule has 0 spiro atoms. The third kappa shape index (κ3) is 3.24. The Bertz CT molecular complexity index is 516. The average molecular weight is 307 g/mol. The van der Waals surface area contributed by atoms with Gasteiger partial charge < -0.3 is 14.2 Å². The van der Waals surface area contributed by atoms with Gasteiger partial charge in [0.2, 0.25) is 0 Å². The summed E-state index contributed by atoms with van der Waals surface area (Å²) in [5, 5.41) is 8.47. The Hall–Kier alpha value is -1.63. The molecule has 0 aromatic carbocycles. The Balaban J connectivity index is 1.63. The lowest BCUT2D eigenvalue weighted by molar-refractivity contribution is 0.151. The van der Waals surface area contributed by atoms with Crippen molar-refractivity contribution in [1.82, 2.24) is 24.6 Å². The summed E-state index contributed by atoms with van der Waals surface area (Å²) in [5.41, 5.74) is 0. The summed E-state index contributed by atoms with van der Waals surface area (Å²) in [6.45, 7) is 9.24. The quantitative estimate of drug-likeness (QED) is 0.797. The van der Waals surface area contributed by atoms with Gasteiger partial charge in [-0.3, -0.25) is 4.90 Å². The summed E-state index contributed by atoms with van der Waals surface area (Å²) in [6.07, 6.45) is 3.94. The van der Waals surface area contributed by atoms with Crippen LogP contribution in [0.4, 0.5) is 4.79 Å². The summed E-state index contributed by atoms with van der Waals surface area (Å²) >= 11 is 0. The van der Waals surface area contributed by atoms with Crippen LogP contribution in [0.5, 0.6) is 0 Å². The Labute approximate surface area is 131 Å². The van der Waals surface area contributed by atoms with Crippen LogP contribution in [-0.2, 0) is 11.3 Å². The second kappa shape index (κ2) is 6.64. The highest BCUT2D eigenvalue weighted by molar-refractivity contribution is 5.69. The predicted octanol–water partition coefficient (Wildman–Crippen LogP) is 1.52. The maximum absolute atomic E-state index is 11.5. The third-order valence-electron chi connectivity index (χ3n) is 4.37. The highest BCUT2D eigenvalue weighted by Crippen LogP contribution is 2.30. The summed E-state index contributed by atoms with van der Waals surface area (Å²) in [7, 11) is 0. The minimum Gasteiger partial charge on any atom is -0.448 e. The van der Waals surface area contributed by atoms with Gasteiger partial charge in [0, 0.05) is 19.6 Å². The van der Waals surface area contributed by atoms with Gasteiger partial charge in [-0.1, -0.05) is 13.8 Å². The number of rotatable bonds is 6. The van der Waals surface area contributed by atoms with Crippen LogP contribution in [0, 0.1) is 5.92 Å². The summed E-state index contributed by atoms with van der Waals surface area (Å²) in [4.78, 5) is 15.7. The zero-order valence-corrected chi connectivity index (χ0v) is 13.4. The first-order chi connectivity index (χ1) is 10.6. The Kier molecular flexibility index (Phi) is 4.61. The lowest BCUT2D eigenvalue weighted by Gasteiger charge is -2.26. The number of ether oxygens (including phenoxy) is 1. The van der Waals surface area contributed by atoms with Crippen LogP contribution in [0.2, 0.25) is 0 Å². The monoisotopic (exact) mass is 307 g/mol. The first-order valence-electron chi connectivity index (χ1n) is 8.18. The van der Waals surface area contributed by atoms with E-state index in [0.717, 1.165) is 38.4 Å². The fourth-order valence-corrected chi connectivity index (χ4v) is 3.32. The van der Waals surface area contributed by atoms with E-state index in [-0.39, 0.29) is 6.09 Å². The number of hydrogen-bond acceptors (Lipinski definition) is 5. The van der Waals surface area contributed by atoms with Crippen LogP contribution in [0.1, 0.15) is 38.6 Å². The molecule has 1 amide bonds. The normalized spacial score (nSPS) is 22.8. The van der Waals surface area contributed by atoms with Crippen LogP contribution < -0.4 is 0 Å². The van der Waals surface area contributed by atoms with Gasteiger partial charge >= 0.3 is 6.09 Å². The molecule has 1 aromatic heterocycles. The van der Waals surface area contributed by atoms with Gasteiger partial charge in [-0.15, -0.1) is 10.2 Å². The molecule has 1 aromatic rings. The highest BCUT2D eigenvalue weighted by atomic mass is 16.6. The number of likely N-dealkylation sites (tertiary alicyclic amines) is 1. The summed E-state index contributed by atoms with van der Waals surface area (Å²) in [6, 6.07) is 0.319. The van der Waals surface area contributed by atoms with Crippen molar-refractivity contribution in [2.24, 2.45) is 5.92 Å². The molecular formula is C15H25N5O2. The second-order valence-electron chi connectivity index (χ2n) is 6.53. The molecular weight excluding hydrogens is 282 g/mol. The van der Waals surface area contributed by atoms with Crippen molar-refractivity contribution in [3.05, 3.63) is 12.2 Å². The number of cyclic esters (lactones) is 1. The highest BCUT2D eigenvalue weighted by Gasteiger charge is 2.31. The van der Waals surface area contributed by atoms with Crippen LogP contribution in [0.25, 0.3) is 0 Å². The number of carbonyl (C=O) groups is 1. The van der Waals surface area contributed by atoms with Gasteiger partial charge in [-0.2, -0.15) is 0 Å². The average Bonchev–Trinajstić information content (AvgIpc) is 3.16. The number of aromatic nitrogens is 3. The van der Waals surface area contributed by atoms with E-state index >= 15 is 0 Å². The minimum absolute atomic E-state index is 0.182. The number of amides is 1. The number of carbonyl (C=O) groups excluding carboxylic acids is 1. The molecule has 3 rings (SSSR count). The molecule has 0 aliphatic carbocycles. The number of nitrogens with zero attached hydrogens (tertiary/aromatic N) is 5. The standard InChI is InChI=1S/C15H25N5O2/c1-12(2)10-20-11-16-17-14(20)13-4-3-5-18(13)6-7-19-8-9-22-15(19)21/h11-13H,3-10H2,1-2H3/t13-/m1/s1. The van der Waals surface area contributed by atoms with E-state index in [1.54, 1.807) is 4.90 Å². The summed E-state index contributed by atoms with van der Waals surface area (Å²) in [5.74, 6) is 1.64. The van der Waals surface area contributed by atoms with Crippen molar-refractivity contribution in [3.63, 3.8) is 0 Å². The van der Waals surface area contributed by atoms with Gasteiger partial charge in [0.05, 0.1) is 12.6 Å². The van der Waals surface area contributed by atoms with E-state index in [4.69, 9.17) is 4.74 Å².